The predicted molar refractivity (Wildman–Crippen MR) is 154 cm³/mol. The number of anilines is 3. The number of nitrogens with one attached hydrogen (secondary N) is 2. The number of halogens is 1. The lowest BCUT2D eigenvalue weighted by Gasteiger charge is -2.39. The van der Waals surface area contributed by atoms with Gasteiger partial charge in [-0.15, -0.1) is 0 Å². The van der Waals surface area contributed by atoms with Gasteiger partial charge in [0, 0.05) is 41.7 Å². The molecule has 0 saturated carbocycles. The van der Waals surface area contributed by atoms with Crippen molar-refractivity contribution in [3.05, 3.63) is 88.4 Å². The van der Waals surface area contributed by atoms with Crippen LogP contribution in [0.25, 0.3) is 0 Å². The summed E-state index contributed by atoms with van der Waals surface area (Å²) in [5.41, 5.74) is 4.93. The molecule has 0 atom stereocenters. The highest BCUT2D eigenvalue weighted by Crippen LogP contribution is 2.35. The smallest absolute Gasteiger partial charge is 0.237 e. The zero-order valence-corrected chi connectivity index (χ0v) is 23.5. The maximum Gasteiger partial charge on any atom is 0.237 e. The second-order valence-electron chi connectivity index (χ2n) is 10.8. The van der Waals surface area contributed by atoms with Crippen LogP contribution in [0, 0.1) is 6.92 Å². The van der Waals surface area contributed by atoms with Crippen molar-refractivity contribution < 1.29 is 13.5 Å². The van der Waals surface area contributed by atoms with Crippen LogP contribution in [0.1, 0.15) is 50.3 Å². The number of hydrogen-bond donors (Lipinski definition) is 3. The average molecular weight is 542 g/mol. The number of rotatable bonds is 7. The lowest BCUT2D eigenvalue weighted by Crippen LogP contribution is -2.42. The van der Waals surface area contributed by atoms with Gasteiger partial charge < -0.3 is 15.3 Å². The SMILES string of the molecule is Cc1cc(NS(=O)(=O)C(C)(C)C)ccc1CNc1ccc(N2CCC(O)(c3ccc(Cl)cc3)CC2)cc1. The molecule has 1 heterocycles. The number of nitrogens with zero attached hydrogens (tertiary/aromatic N) is 1. The quantitative estimate of drug-likeness (QED) is 0.327. The largest absolute Gasteiger partial charge is 0.385 e. The molecule has 4 rings (SSSR count). The van der Waals surface area contributed by atoms with Gasteiger partial charge in [0.05, 0.1) is 10.3 Å². The summed E-state index contributed by atoms with van der Waals surface area (Å²) in [4.78, 5) is 2.30. The van der Waals surface area contributed by atoms with Crippen molar-refractivity contribution in [1.29, 1.82) is 0 Å². The van der Waals surface area contributed by atoms with Crippen molar-refractivity contribution in [2.75, 3.05) is 28.0 Å². The molecule has 0 aliphatic carbocycles. The highest BCUT2D eigenvalue weighted by atomic mass is 35.5. The van der Waals surface area contributed by atoms with E-state index in [-0.39, 0.29) is 0 Å². The number of sulfonamides is 1. The fourth-order valence-corrected chi connectivity index (χ4v) is 5.31. The minimum Gasteiger partial charge on any atom is -0.385 e. The molecule has 8 heteroatoms. The summed E-state index contributed by atoms with van der Waals surface area (Å²) in [5, 5.41) is 15.3. The molecule has 3 aromatic rings. The molecular weight excluding hydrogens is 506 g/mol. The molecule has 1 aliphatic heterocycles. The second kappa shape index (κ2) is 10.6. The molecule has 198 valence electrons. The summed E-state index contributed by atoms with van der Waals surface area (Å²) >= 11 is 6.00. The van der Waals surface area contributed by atoms with E-state index >= 15 is 0 Å². The molecule has 0 spiro atoms. The summed E-state index contributed by atoms with van der Waals surface area (Å²) in [5.74, 6) is 0. The van der Waals surface area contributed by atoms with Crippen molar-refractivity contribution in [2.45, 2.75) is 57.4 Å². The lowest BCUT2D eigenvalue weighted by atomic mass is 9.84. The Hall–Kier alpha value is -2.74. The molecule has 6 nitrogen and oxygen atoms in total. The Labute approximate surface area is 225 Å². The van der Waals surface area contributed by atoms with Crippen molar-refractivity contribution in [2.24, 2.45) is 0 Å². The fraction of sp³-hybridized carbons (Fsp3) is 0.379. The van der Waals surface area contributed by atoms with Gasteiger partial charge in [-0.05, 0) is 106 Å². The van der Waals surface area contributed by atoms with Gasteiger partial charge in [-0.2, -0.15) is 0 Å². The van der Waals surface area contributed by atoms with E-state index in [0.29, 0.717) is 30.1 Å². The highest BCUT2D eigenvalue weighted by Gasteiger charge is 2.34. The summed E-state index contributed by atoms with van der Waals surface area (Å²) in [6.45, 7) is 9.20. The van der Waals surface area contributed by atoms with E-state index in [9.17, 15) is 13.5 Å². The first kappa shape index (κ1) is 27.3. The molecule has 0 bridgehead atoms. The first-order valence-corrected chi connectivity index (χ1v) is 14.4. The monoisotopic (exact) mass is 541 g/mol. The molecule has 1 saturated heterocycles. The normalized spacial score (nSPS) is 15.9. The Kier molecular flexibility index (Phi) is 7.79. The van der Waals surface area contributed by atoms with Gasteiger partial charge in [0.2, 0.25) is 10.0 Å². The number of aryl methyl sites for hydroxylation is 1. The van der Waals surface area contributed by atoms with Gasteiger partial charge in [0.1, 0.15) is 0 Å². The van der Waals surface area contributed by atoms with Crippen LogP contribution in [0.4, 0.5) is 17.1 Å². The average Bonchev–Trinajstić information content (AvgIpc) is 2.84. The topological polar surface area (TPSA) is 81.7 Å². The Balaban J connectivity index is 1.32. The molecule has 0 amide bonds. The predicted octanol–water partition coefficient (Wildman–Crippen LogP) is 6.29. The molecule has 3 N–H and O–H groups in total. The van der Waals surface area contributed by atoms with E-state index in [2.05, 4.69) is 39.2 Å². The zero-order chi connectivity index (χ0) is 26.8. The fourth-order valence-electron chi connectivity index (χ4n) is 4.44. The first-order chi connectivity index (χ1) is 17.4. The summed E-state index contributed by atoms with van der Waals surface area (Å²) in [6, 6.07) is 21.5. The van der Waals surface area contributed by atoms with Crippen LogP contribution < -0.4 is 14.9 Å². The minimum absolute atomic E-state index is 0.574. The van der Waals surface area contributed by atoms with Gasteiger partial charge >= 0.3 is 0 Å². The molecule has 0 unspecified atom stereocenters. The maximum atomic E-state index is 12.4. The van der Waals surface area contributed by atoms with E-state index in [1.807, 2.05) is 43.3 Å². The number of hydrogen-bond acceptors (Lipinski definition) is 5. The summed E-state index contributed by atoms with van der Waals surface area (Å²) in [6.07, 6.45) is 1.33. The summed E-state index contributed by atoms with van der Waals surface area (Å²) in [7, 11) is -3.46. The molecule has 1 fully saturated rings. The molecule has 3 aromatic carbocycles. The summed E-state index contributed by atoms with van der Waals surface area (Å²) < 4.78 is 26.7. The van der Waals surface area contributed by atoms with Crippen LogP contribution in [0.2, 0.25) is 5.02 Å². The van der Waals surface area contributed by atoms with Crippen LogP contribution in [-0.2, 0) is 22.2 Å². The Morgan fingerprint density at radius 2 is 1.54 bits per heavy atom. The van der Waals surface area contributed by atoms with E-state index in [0.717, 1.165) is 41.2 Å². The van der Waals surface area contributed by atoms with Gasteiger partial charge in [-0.1, -0.05) is 29.8 Å². The van der Waals surface area contributed by atoms with E-state index in [1.165, 1.54) is 0 Å². The van der Waals surface area contributed by atoms with Gasteiger partial charge in [-0.25, -0.2) is 8.42 Å². The molecule has 0 aromatic heterocycles. The van der Waals surface area contributed by atoms with Crippen molar-refractivity contribution in [1.82, 2.24) is 0 Å². The maximum absolute atomic E-state index is 12.4. The van der Waals surface area contributed by atoms with Gasteiger partial charge in [-0.3, -0.25) is 4.72 Å². The molecule has 0 radical (unpaired) electrons. The van der Waals surface area contributed by atoms with Gasteiger partial charge in [0.25, 0.3) is 0 Å². The molecule has 1 aliphatic rings. The van der Waals surface area contributed by atoms with Gasteiger partial charge in [0.15, 0.2) is 0 Å². The number of aliphatic hydroxyl groups is 1. The zero-order valence-electron chi connectivity index (χ0n) is 21.9. The Morgan fingerprint density at radius 3 is 2.11 bits per heavy atom. The third kappa shape index (κ3) is 6.40. The standard InChI is InChI=1S/C29H36ClN3O3S/c1-21-19-26(32-37(35,36)28(2,3)4)10-5-22(21)20-31-25-11-13-27(14-12-25)33-17-15-29(34,16-18-33)23-6-8-24(30)9-7-23/h5-14,19,31-32,34H,15-18,20H2,1-4H3. The van der Waals surface area contributed by atoms with Crippen molar-refractivity contribution in [3.8, 4) is 0 Å². The van der Waals surface area contributed by atoms with Crippen LogP contribution >= 0.6 is 11.6 Å². The van der Waals surface area contributed by atoms with Crippen LogP contribution in [0.15, 0.2) is 66.7 Å². The van der Waals surface area contributed by atoms with Crippen molar-refractivity contribution in [3.63, 3.8) is 0 Å². The Morgan fingerprint density at radius 1 is 0.946 bits per heavy atom. The van der Waals surface area contributed by atoms with Crippen LogP contribution in [0.5, 0.6) is 0 Å². The second-order valence-corrected chi connectivity index (χ2v) is 13.7. The van der Waals surface area contributed by atoms with E-state index in [1.54, 1.807) is 26.8 Å². The third-order valence-corrected chi connectivity index (χ3v) is 9.46. The van der Waals surface area contributed by atoms with Crippen molar-refractivity contribution >= 4 is 38.7 Å². The van der Waals surface area contributed by atoms with Crippen LogP contribution in [-0.4, -0.2) is 31.4 Å². The first-order valence-electron chi connectivity index (χ1n) is 12.6. The molecule has 37 heavy (non-hydrogen) atoms. The van der Waals surface area contributed by atoms with Crippen LogP contribution in [0.3, 0.4) is 0 Å². The lowest BCUT2D eigenvalue weighted by molar-refractivity contribution is 0.0118. The number of piperidine rings is 1. The molecular formula is C29H36ClN3O3S. The Bertz CT molecular complexity index is 1330. The minimum atomic E-state index is -3.46. The third-order valence-electron chi connectivity index (χ3n) is 7.09. The van der Waals surface area contributed by atoms with E-state index in [4.69, 9.17) is 11.6 Å². The number of benzene rings is 3. The highest BCUT2D eigenvalue weighted by molar-refractivity contribution is 7.94. The van der Waals surface area contributed by atoms with E-state index < -0.39 is 20.4 Å².